The van der Waals surface area contributed by atoms with Gasteiger partial charge in [0.15, 0.2) is 0 Å². The van der Waals surface area contributed by atoms with Crippen LogP contribution < -0.4 is 4.90 Å². The van der Waals surface area contributed by atoms with Crippen molar-refractivity contribution in [2.24, 2.45) is 0 Å². The number of anilines is 1. The Balaban J connectivity index is 1.95. The predicted octanol–water partition coefficient (Wildman–Crippen LogP) is 2.65. The molecule has 0 fully saturated rings. The second kappa shape index (κ2) is 5.79. The molecule has 0 N–H and O–H groups in total. The van der Waals surface area contributed by atoms with Crippen molar-refractivity contribution in [1.82, 2.24) is 9.88 Å². The molecular weight excluding hydrogens is 274 g/mol. The van der Waals surface area contributed by atoms with E-state index in [0.29, 0.717) is 5.56 Å². The molecule has 0 bridgehead atoms. The minimum atomic E-state index is -0.00172. The fraction of sp³-hybridized carbons (Fsp3) is 0.333. The zero-order valence-electron chi connectivity index (χ0n) is 13.3. The number of amides is 1. The summed E-state index contributed by atoms with van der Waals surface area (Å²) in [7, 11) is 3.54. The second-order valence-electron chi connectivity index (χ2n) is 6.02. The van der Waals surface area contributed by atoms with E-state index in [4.69, 9.17) is 0 Å². The van der Waals surface area contributed by atoms with E-state index in [0.717, 1.165) is 25.3 Å². The Labute approximate surface area is 131 Å². The molecule has 1 amide bonds. The molecule has 0 saturated carbocycles. The molecule has 2 aromatic rings. The third-order valence-electron chi connectivity index (χ3n) is 4.10. The van der Waals surface area contributed by atoms with Gasteiger partial charge >= 0.3 is 0 Å². The first kappa shape index (κ1) is 14.6. The highest BCUT2D eigenvalue weighted by Crippen LogP contribution is 2.26. The number of rotatable bonds is 2. The fourth-order valence-electron chi connectivity index (χ4n) is 2.92. The van der Waals surface area contributed by atoms with Crippen LogP contribution in [0.4, 0.5) is 5.82 Å². The van der Waals surface area contributed by atoms with Crippen molar-refractivity contribution in [2.75, 3.05) is 25.5 Å². The topological polar surface area (TPSA) is 36.4 Å². The molecule has 0 atom stereocenters. The van der Waals surface area contributed by atoms with Crippen molar-refractivity contribution in [1.29, 1.82) is 0 Å². The highest BCUT2D eigenvalue weighted by Gasteiger charge is 2.22. The average Bonchev–Trinajstić information content (AvgIpc) is 2.53. The molecule has 0 unspecified atom stereocenters. The van der Waals surface area contributed by atoms with Gasteiger partial charge in [-0.05, 0) is 36.6 Å². The lowest BCUT2D eigenvalue weighted by atomic mass is 9.97. The van der Waals surface area contributed by atoms with Gasteiger partial charge in [0, 0.05) is 33.4 Å². The van der Waals surface area contributed by atoms with Crippen molar-refractivity contribution in [3.8, 4) is 0 Å². The summed E-state index contributed by atoms with van der Waals surface area (Å²) in [5, 5.41) is 0. The number of benzene rings is 1. The van der Waals surface area contributed by atoms with Gasteiger partial charge in [-0.2, -0.15) is 0 Å². The Morgan fingerprint density at radius 1 is 1.23 bits per heavy atom. The molecule has 1 aromatic heterocycles. The van der Waals surface area contributed by atoms with Crippen LogP contribution in [0, 0.1) is 6.92 Å². The van der Waals surface area contributed by atoms with Crippen molar-refractivity contribution in [3.05, 3.63) is 58.8 Å². The summed E-state index contributed by atoms with van der Waals surface area (Å²) in [4.78, 5) is 20.7. The van der Waals surface area contributed by atoms with Gasteiger partial charge in [-0.25, -0.2) is 4.98 Å². The van der Waals surface area contributed by atoms with Crippen LogP contribution in [0.15, 0.2) is 36.5 Å². The molecule has 3 rings (SSSR count). The maximum absolute atomic E-state index is 12.4. The third-order valence-corrected chi connectivity index (χ3v) is 4.10. The Morgan fingerprint density at radius 3 is 2.82 bits per heavy atom. The number of fused-ring (bicyclic) bond motifs is 1. The summed E-state index contributed by atoms with van der Waals surface area (Å²) in [5.41, 5.74) is 4.67. The van der Waals surface area contributed by atoms with Gasteiger partial charge in [0.25, 0.3) is 5.91 Å². The van der Waals surface area contributed by atoms with E-state index < -0.39 is 0 Å². The molecule has 4 nitrogen and oxygen atoms in total. The monoisotopic (exact) mass is 295 g/mol. The average molecular weight is 295 g/mol. The number of carbonyl (C=O) groups excluding carboxylic acids is 1. The zero-order chi connectivity index (χ0) is 15.7. The van der Waals surface area contributed by atoms with E-state index in [9.17, 15) is 4.79 Å². The highest BCUT2D eigenvalue weighted by molar-refractivity contribution is 5.98. The number of pyridine rings is 1. The van der Waals surface area contributed by atoms with Crippen molar-refractivity contribution in [3.63, 3.8) is 0 Å². The molecule has 0 radical (unpaired) electrons. The largest absolute Gasteiger partial charge is 0.351 e. The third kappa shape index (κ3) is 2.69. The molecule has 2 heterocycles. The van der Waals surface area contributed by atoms with E-state index >= 15 is 0 Å². The maximum atomic E-state index is 12.4. The Kier molecular flexibility index (Phi) is 3.84. The van der Waals surface area contributed by atoms with Crippen LogP contribution in [0.1, 0.15) is 27.0 Å². The van der Waals surface area contributed by atoms with Gasteiger partial charge in [-0.1, -0.05) is 23.8 Å². The summed E-state index contributed by atoms with van der Waals surface area (Å²) in [6.07, 6.45) is 2.75. The molecule has 4 heteroatoms. The lowest BCUT2D eigenvalue weighted by molar-refractivity contribution is 0.0827. The summed E-state index contributed by atoms with van der Waals surface area (Å²) < 4.78 is 0. The van der Waals surface area contributed by atoms with E-state index in [1.165, 1.54) is 16.7 Å². The molecular formula is C18H21N3O. The summed E-state index contributed by atoms with van der Waals surface area (Å²) in [6.45, 7) is 3.81. The van der Waals surface area contributed by atoms with Crippen molar-refractivity contribution in [2.45, 2.75) is 19.9 Å². The molecule has 0 saturated heterocycles. The first-order valence-corrected chi connectivity index (χ1v) is 7.56. The number of aromatic nitrogens is 1. The normalized spacial score (nSPS) is 13.7. The van der Waals surface area contributed by atoms with E-state index in [2.05, 4.69) is 35.0 Å². The summed E-state index contributed by atoms with van der Waals surface area (Å²) in [5.74, 6) is 0.784. The van der Waals surface area contributed by atoms with E-state index in [-0.39, 0.29) is 5.91 Å². The van der Waals surface area contributed by atoms with Gasteiger partial charge in [0.2, 0.25) is 0 Å². The maximum Gasteiger partial charge on any atom is 0.257 e. The van der Waals surface area contributed by atoms with Crippen molar-refractivity contribution < 1.29 is 4.79 Å². The molecule has 1 aliphatic heterocycles. The minimum absolute atomic E-state index is 0.00172. The van der Waals surface area contributed by atoms with Crippen LogP contribution in [0.3, 0.4) is 0 Å². The summed E-state index contributed by atoms with van der Waals surface area (Å²) in [6, 6.07) is 10.3. The Morgan fingerprint density at radius 2 is 2.05 bits per heavy atom. The molecule has 0 aliphatic carbocycles. The number of carbonyl (C=O) groups is 1. The van der Waals surface area contributed by atoms with Gasteiger partial charge in [-0.3, -0.25) is 4.79 Å². The van der Waals surface area contributed by atoms with Crippen LogP contribution in [0.2, 0.25) is 0 Å². The van der Waals surface area contributed by atoms with E-state index in [1.807, 2.05) is 12.1 Å². The molecule has 1 aromatic carbocycles. The predicted molar refractivity (Wildman–Crippen MR) is 88.2 cm³/mol. The van der Waals surface area contributed by atoms with Crippen LogP contribution in [0.5, 0.6) is 0 Å². The van der Waals surface area contributed by atoms with Gasteiger partial charge < -0.3 is 9.80 Å². The molecule has 1 aliphatic rings. The van der Waals surface area contributed by atoms with E-state index in [1.54, 1.807) is 25.2 Å². The Bertz CT molecular complexity index is 709. The Hall–Kier alpha value is -2.36. The van der Waals surface area contributed by atoms with Gasteiger partial charge in [0.05, 0.1) is 5.56 Å². The molecule has 0 spiro atoms. The quantitative estimate of drug-likeness (QED) is 0.854. The standard InChI is InChI=1S/C18H21N3O/c1-13-6-7-14-8-10-21(12-15(14)11-13)17-16(5-4-9-19-17)18(22)20(2)3/h4-7,9,11H,8,10,12H2,1-3H3. The number of hydrogen-bond acceptors (Lipinski definition) is 3. The highest BCUT2D eigenvalue weighted by atomic mass is 16.2. The number of aryl methyl sites for hydroxylation is 1. The molecule has 22 heavy (non-hydrogen) atoms. The lowest BCUT2D eigenvalue weighted by Gasteiger charge is -2.31. The molecule has 114 valence electrons. The smallest absolute Gasteiger partial charge is 0.257 e. The van der Waals surface area contributed by atoms with Gasteiger partial charge in [-0.15, -0.1) is 0 Å². The minimum Gasteiger partial charge on any atom is -0.351 e. The first-order valence-electron chi connectivity index (χ1n) is 7.56. The summed E-state index contributed by atoms with van der Waals surface area (Å²) >= 11 is 0. The van der Waals surface area contributed by atoms with Crippen LogP contribution >= 0.6 is 0 Å². The van der Waals surface area contributed by atoms with Crippen LogP contribution in [-0.4, -0.2) is 36.4 Å². The SMILES string of the molecule is Cc1ccc2c(c1)CN(c1ncccc1C(=O)N(C)C)CC2. The second-order valence-corrected chi connectivity index (χ2v) is 6.02. The lowest BCUT2D eigenvalue weighted by Crippen LogP contribution is -2.33. The zero-order valence-corrected chi connectivity index (χ0v) is 13.3. The van der Waals surface area contributed by atoms with Crippen LogP contribution in [-0.2, 0) is 13.0 Å². The van der Waals surface area contributed by atoms with Gasteiger partial charge in [0.1, 0.15) is 5.82 Å². The number of nitrogens with zero attached hydrogens (tertiary/aromatic N) is 3. The first-order chi connectivity index (χ1) is 10.6. The van der Waals surface area contributed by atoms with Crippen molar-refractivity contribution >= 4 is 11.7 Å². The fourth-order valence-corrected chi connectivity index (χ4v) is 2.92. The van der Waals surface area contributed by atoms with Crippen LogP contribution in [0.25, 0.3) is 0 Å². The number of hydrogen-bond donors (Lipinski definition) is 0.